The second-order valence-corrected chi connectivity index (χ2v) is 6.74. The number of amides is 2. The molecular formula is C22H21FN4O3. The number of halogens is 1. The number of rotatable bonds is 7. The van der Waals surface area contributed by atoms with E-state index in [1.54, 1.807) is 37.4 Å². The molecule has 7 nitrogen and oxygen atoms in total. The minimum absolute atomic E-state index is 0.209. The van der Waals surface area contributed by atoms with Crippen LogP contribution in [0.25, 0.3) is 0 Å². The van der Waals surface area contributed by atoms with Gasteiger partial charge in [-0.05, 0) is 42.8 Å². The fourth-order valence-electron chi connectivity index (χ4n) is 2.82. The Labute approximate surface area is 172 Å². The van der Waals surface area contributed by atoms with E-state index in [0.717, 1.165) is 5.56 Å². The Morgan fingerprint density at radius 2 is 1.87 bits per heavy atom. The van der Waals surface area contributed by atoms with Crippen LogP contribution in [0.15, 0.2) is 71.8 Å². The summed E-state index contributed by atoms with van der Waals surface area (Å²) >= 11 is 0. The van der Waals surface area contributed by atoms with E-state index in [1.165, 1.54) is 35.0 Å². The molecular weight excluding hydrogens is 387 g/mol. The maximum Gasteiger partial charge on any atom is 0.253 e. The standard InChI is InChI=1S/C22H21FN4O3/c1-15(19-4-2-3-11-24-19)26-20(28)14-27-13-17(7-10-21(27)29)22(30)25-12-16-5-8-18(23)9-6-16/h2-11,13,15H,12,14H2,1H3,(H,25,30)(H,26,28)/t15-/m0/s1. The molecule has 0 saturated carbocycles. The number of aromatic nitrogens is 2. The fraction of sp³-hybridized carbons (Fsp3) is 0.182. The lowest BCUT2D eigenvalue weighted by Gasteiger charge is -2.14. The van der Waals surface area contributed by atoms with Crippen molar-refractivity contribution < 1.29 is 14.0 Å². The first-order valence-electron chi connectivity index (χ1n) is 9.36. The molecule has 30 heavy (non-hydrogen) atoms. The fourth-order valence-corrected chi connectivity index (χ4v) is 2.82. The molecule has 3 rings (SSSR count). The SMILES string of the molecule is C[C@H](NC(=O)Cn1cc(C(=O)NCc2ccc(F)cc2)ccc1=O)c1ccccn1. The first-order valence-corrected chi connectivity index (χ1v) is 9.36. The molecule has 3 aromatic rings. The molecule has 1 atom stereocenters. The third-order valence-corrected chi connectivity index (χ3v) is 4.43. The lowest BCUT2D eigenvalue weighted by molar-refractivity contribution is -0.122. The van der Waals surface area contributed by atoms with E-state index in [1.807, 2.05) is 6.07 Å². The Morgan fingerprint density at radius 1 is 1.10 bits per heavy atom. The van der Waals surface area contributed by atoms with Crippen molar-refractivity contribution in [3.05, 3.63) is 100.0 Å². The summed E-state index contributed by atoms with van der Waals surface area (Å²) in [5.41, 5.74) is 1.28. The molecule has 0 spiro atoms. The Kier molecular flexibility index (Phi) is 6.69. The van der Waals surface area contributed by atoms with Gasteiger partial charge in [-0.2, -0.15) is 0 Å². The minimum Gasteiger partial charge on any atom is -0.348 e. The van der Waals surface area contributed by atoms with Crippen LogP contribution in [0.4, 0.5) is 4.39 Å². The predicted molar refractivity (Wildman–Crippen MR) is 109 cm³/mol. The molecule has 0 aliphatic rings. The van der Waals surface area contributed by atoms with E-state index in [2.05, 4.69) is 15.6 Å². The summed E-state index contributed by atoms with van der Waals surface area (Å²) in [7, 11) is 0. The van der Waals surface area contributed by atoms with Gasteiger partial charge in [0.1, 0.15) is 12.4 Å². The molecule has 2 amide bonds. The highest BCUT2D eigenvalue weighted by molar-refractivity contribution is 5.93. The molecule has 2 heterocycles. The summed E-state index contributed by atoms with van der Waals surface area (Å²) in [6.07, 6.45) is 2.98. The van der Waals surface area contributed by atoms with Crippen LogP contribution in [0.2, 0.25) is 0 Å². The first kappa shape index (κ1) is 20.9. The van der Waals surface area contributed by atoms with Gasteiger partial charge < -0.3 is 15.2 Å². The monoisotopic (exact) mass is 408 g/mol. The van der Waals surface area contributed by atoms with Crippen molar-refractivity contribution in [1.29, 1.82) is 0 Å². The number of carbonyl (C=O) groups excluding carboxylic acids is 2. The quantitative estimate of drug-likeness (QED) is 0.627. The second-order valence-electron chi connectivity index (χ2n) is 6.74. The van der Waals surface area contributed by atoms with Crippen LogP contribution in [0, 0.1) is 5.82 Å². The zero-order valence-electron chi connectivity index (χ0n) is 16.3. The third kappa shape index (κ3) is 5.60. The highest BCUT2D eigenvalue weighted by atomic mass is 19.1. The van der Waals surface area contributed by atoms with Gasteiger partial charge in [-0.1, -0.05) is 18.2 Å². The molecule has 0 unspecified atom stereocenters. The van der Waals surface area contributed by atoms with Gasteiger partial charge in [0.05, 0.1) is 17.3 Å². The molecule has 0 aliphatic carbocycles. The normalized spacial score (nSPS) is 11.5. The van der Waals surface area contributed by atoms with E-state index in [9.17, 15) is 18.8 Å². The van der Waals surface area contributed by atoms with Gasteiger partial charge in [0.15, 0.2) is 0 Å². The van der Waals surface area contributed by atoms with Crippen molar-refractivity contribution in [2.75, 3.05) is 0 Å². The van der Waals surface area contributed by atoms with Crippen molar-refractivity contribution in [2.45, 2.75) is 26.1 Å². The molecule has 0 fully saturated rings. The number of nitrogens with zero attached hydrogens (tertiary/aromatic N) is 2. The summed E-state index contributed by atoms with van der Waals surface area (Å²) in [6.45, 7) is 1.78. The van der Waals surface area contributed by atoms with Crippen LogP contribution in [-0.4, -0.2) is 21.4 Å². The number of hydrogen-bond acceptors (Lipinski definition) is 4. The van der Waals surface area contributed by atoms with Crippen molar-refractivity contribution in [1.82, 2.24) is 20.2 Å². The van der Waals surface area contributed by atoms with Gasteiger partial charge in [0, 0.05) is 25.0 Å². The van der Waals surface area contributed by atoms with E-state index in [-0.39, 0.29) is 36.4 Å². The van der Waals surface area contributed by atoms with Crippen molar-refractivity contribution in [2.24, 2.45) is 0 Å². The zero-order valence-corrected chi connectivity index (χ0v) is 16.3. The topological polar surface area (TPSA) is 93.1 Å². The average Bonchev–Trinajstić information content (AvgIpc) is 2.75. The number of nitrogens with one attached hydrogen (secondary N) is 2. The van der Waals surface area contributed by atoms with Crippen LogP contribution in [0.5, 0.6) is 0 Å². The lowest BCUT2D eigenvalue weighted by Crippen LogP contribution is -2.34. The largest absolute Gasteiger partial charge is 0.348 e. The van der Waals surface area contributed by atoms with Crippen LogP contribution in [-0.2, 0) is 17.9 Å². The number of benzene rings is 1. The van der Waals surface area contributed by atoms with Crippen molar-refractivity contribution in [3.8, 4) is 0 Å². The summed E-state index contributed by atoms with van der Waals surface area (Å²) in [6, 6.07) is 13.5. The van der Waals surface area contributed by atoms with Gasteiger partial charge in [-0.3, -0.25) is 19.4 Å². The molecule has 2 N–H and O–H groups in total. The number of carbonyl (C=O) groups is 2. The average molecular weight is 408 g/mol. The van der Waals surface area contributed by atoms with Crippen molar-refractivity contribution in [3.63, 3.8) is 0 Å². The second kappa shape index (κ2) is 9.60. The van der Waals surface area contributed by atoms with Crippen LogP contribution in [0.3, 0.4) is 0 Å². The van der Waals surface area contributed by atoms with E-state index in [4.69, 9.17) is 0 Å². The van der Waals surface area contributed by atoms with Gasteiger partial charge >= 0.3 is 0 Å². The van der Waals surface area contributed by atoms with Gasteiger partial charge in [-0.15, -0.1) is 0 Å². The summed E-state index contributed by atoms with van der Waals surface area (Å²) in [5.74, 6) is -1.14. The Bertz CT molecular complexity index is 1080. The third-order valence-electron chi connectivity index (χ3n) is 4.43. The smallest absolute Gasteiger partial charge is 0.253 e. The maximum atomic E-state index is 13.0. The predicted octanol–water partition coefficient (Wildman–Crippen LogP) is 2.19. The molecule has 154 valence electrons. The number of pyridine rings is 2. The summed E-state index contributed by atoms with van der Waals surface area (Å²) in [4.78, 5) is 41.0. The highest BCUT2D eigenvalue weighted by Gasteiger charge is 2.13. The molecule has 2 aromatic heterocycles. The van der Waals surface area contributed by atoms with Gasteiger partial charge in [-0.25, -0.2) is 4.39 Å². The Morgan fingerprint density at radius 3 is 2.57 bits per heavy atom. The maximum absolute atomic E-state index is 13.0. The first-order chi connectivity index (χ1) is 14.4. The molecule has 0 aliphatic heterocycles. The van der Waals surface area contributed by atoms with Crippen molar-refractivity contribution >= 4 is 11.8 Å². The van der Waals surface area contributed by atoms with Crippen LogP contribution < -0.4 is 16.2 Å². The molecule has 8 heteroatoms. The van der Waals surface area contributed by atoms with E-state index < -0.39 is 11.5 Å². The zero-order chi connectivity index (χ0) is 21.5. The van der Waals surface area contributed by atoms with Gasteiger partial charge in [0.25, 0.3) is 11.5 Å². The molecule has 0 radical (unpaired) electrons. The molecule has 1 aromatic carbocycles. The Hall–Kier alpha value is -3.81. The van der Waals surface area contributed by atoms with E-state index in [0.29, 0.717) is 5.69 Å². The summed E-state index contributed by atoms with van der Waals surface area (Å²) in [5, 5.41) is 5.48. The Balaban J connectivity index is 1.62. The molecule has 0 saturated heterocycles. The lowest BCUT2D eigenvalue weighted by atomic mass is 10.2. The van der Waals surface area contributed by atoms with E-state index >= 15 is 0 Å². The highest BCUT2D eigenvalue weighted by Crippen LogP contribution is 2.08. The number of hydrogen-bond donors (Lipinski definition) is 2. The van der Waals surface area contributed by atoms with Gasteiger partial charge in [0.2, 0.25) is 5.91 Å². The van der Waals surface area contributed by atoms with Crippen LogP contribution in [0.1, 0.15) is 34.6 Å². The molecule has 0 bridgehead atoms. The summed E-state index contributed by atoms with van der Waals surface area (Å²) < 4.78 is 14.1. The van der Waals surface area contributed by atoms with Crippen LogP contribution >= 0.6 is 0 Å². The minimum atomic E-state index is -0.407.